The number of rotatable bonds is 2. The van der Waals surface area contributed by atoms with Crippen molar-refractivity contribution in [3.8, 4) is 0 Å². The molecule has 1 aromatic rings. The van der Waals surface area contributed by atoms with E-state index in [1.807, 2.05) is 0 Å². The van der Waals surface area contributed by atoms with E-state index in [9.17, 15) is 22.0 Å². The number of anilines is 1. The summed E-state index contributed by atoms with van der Waals surface area (Å²) in [6, 6.07) is 4.63. The third-order valence-electron chi connectivity index (χ3n) is 3.28. The second-order valence-electron chi connectivity index (χ2n) is 4.85. The van der Waals surface area contributed by atoms with Crippen LogP contribution in [0.3, 0.4) is 0 Å². The van der Waals surface area contributed by atoms with Crippen LogP contribution in [0.25, 0.3) is 0 Å². The first-order valence-electron chi connectivity index (χ1n) is 6.08. The summed E-state index contributed by atoms with van der Waals surface area (Å²) < 4.78 is 63.5. The summed E-state index contributed by atoms with van der Waals surface area (Å²) >= 11 is 0. The van der Waals surface area contributed by atoms with Crippen molar-refractivity contribution >= 4 is 5.69 Å². The smallest absolute Gasteiger partial charge is 0.382 e. The molecule has 0 amide bonds. The van der Waals surface area contributed by atoms with E-state index in [0.717, 1.165) is 12.1 Å². The van der Waals surface area contributed by atoms with Gasteiger partial charge in [-0.3, -0.25) is 0 Å². The lowest BCUT2D eigenvalue weighted by molar-refractivity contribution is -0.137. The molecule has 2 rings (SSSR count). The quantitative estimate of drug-likeness (QED) is 0.774. The highest BCUT2D eigenvalue weighted by Crippen LogP contribution is 2.35. The summed E-state index contributed by atoms with van der Waals surface area (Å²) in [5, 5.41) is 2.90. The van der Waals surface area contributed by atoms with Gasteiger partial charge < -0.3 is 5.32 Å². The molecule has 0 bridgehead atoms. The summed E-state index contributed by atoms with van der Waals surface area (Å²) in [5.74, 6) is -2.63. The Hall–Kier alpha value is -1.33. The zero-order chi connectivity index (χ0) is 14.1. The van der Waals surface area contributed by atoms with E-state index >= 15 is 0 Å². The molecule has 0 unspecified atom stereocenters. The predicted molar refractivity (Wildman–Crippen MR) is 62.3 cm³/mol. The van der Waals surface area contributed by atoms with Crippen molar-refractivity contribution in [3.63, 3.8) is 0 Å². The lowest BCUT2D eigenvalue weighted by Crippen LogP contribution is -2.32. The molecule has 0 saturated heterocycles. The number of alkyl halides is 5. The number of benzene rings is 1. The van der Waals surface area contributed by atoms with Gasteiger partial charge >= 0.3 is 6.18 Å². The number of nitrogens with one attached hydrogen (secondary N) is 1. The molecule has 0 spiro atoms. The first-order chi connectivity index (χ1) is 8.76. The Morgan fingerprint density at radius 1 is 1.11 bits per heavy atom. The third kappa shape index (κ3) is 3.81. The lowest BCUT2D eigenvalue weighted by atomic mass is 9.92. The van der Waals surface area contributed by atoms with Crippen molar-refractivity contribution in [1.82, 2.24) is 0 Å². The van der Waals surface area contributed by atoms with E-state index in [1.54, 1.807) is 0 Å². The van der Waals surface area contributed by atoms with Crippen LogP contribution in [0.4, 0.5) is 27.6 Å². The monoisotopic (exact) mass is 279 g/mol. The van der Waals surface area contributed by atoms with Crippen molar-refractivity contribution in [1.29, 1.82) is 0 Å². The maximum Gasteiger partial charge on any atom is 0.416 e. The molecule has 0 atom stereocenters. The van der Waals surface area contributed by atoms with E-state index in [1.165, 1.54) is 12.1 Å². The molecule has 19 heavy (non-hydrogen) atoms. The highest BCUT2D eigenvalue weighted by Gasteiger charge is 2.35. The molecular formula is C13H14F5N. The summed E-state index contributed by atoms with van der Waals surface area (Å²) in [6.07, 6.45) is -4.29. The van der Waals surface area contributed by atoms with E-state index in [0.29, 0.717) is 5.69 Å². The number of hydrogen-bond acceptors (Lipinski definition) is 1. The van der Waals surface area contributed by atoms with Crippen molar-refractivity contribution in [3.05, 3.63) is 29.8 Å². The molecule has 1 fully saturated rings. The highest BCUT2D eigenvalue weighted by molar-refractivity contribution is 5.47. The lowest BCUT2D eigenvalue weighted by Gasteiger charge is -2.29. The van der Waals surface area contributed by atoms with E-state index < -0.39 is 17.7 Å². The summed E-state index contributed by atoms with van der Waals surface area (Å²) in [6.45, 7) is 0. The fourth-order valence-electron chi connectivity index (χ4n) is 2.21. The van der Waals surface area contributed by atoms with Gasteiger partial charge in [0, 0.05) is 24.6 Å². The number of halogens is 5. The van der Waals surface area contributed by atoms with E-state index in [4.69, 9.17) is 0 Å². The van der Waals surface area contributed by atoms with Crippen molar-refractivity contribution in [2.75, 3.05) is 5.32 Å². The van der Waals surface area contributed by atoms with Gasteiger partial charge in [0.05, 0.1) is 5.56 Å². The van der Waals surface area contributed by atoms with Crippen molar-refractivity contribution in [2.45, 2.75) is 43.8 Å². The Kier molecular flexibility index (Phi) is 3.69. The maximum atomic E-state index is 13.0. The molecule has 1 nitrogen and oxygen atoms in total. The largest absolute Gasteiger partial charge is 0.416 e. The van der Waals surface area contributed by atoms with Crippen LogP contribution in [0.15, 0.2) is 24.3 Å². The van der Waals surface area contributed by atoms with Gasteiger partial charge in [-0.2, -0.15) is 13.2 Å². The first kappa shape index (κ1) is 14.1. The Morgan fingerprint density at radius 2 is 1.74 bits per heavy atom. The topological polar surface area (TPSA) is 12.0 Å². The zero-order valence-electron chi connectivity index (χ0n) is 10.1. The molecule has 0 aliphatic heterocycles. The standard InChI is InChI=1S/C13H14F5N/c14-12(15)6-4-10(5-7-12)19-11-3-1-2-9(8-11)13(16,17)18/h1-3,8,10,19H,4-7H2. The predicted octanol–water partition coefficient (Wildman–Crippen LogP) is 4.70. The van der Waals surface area contributed by atoms with Crippen LogP contribution >= 0.6 is 0 Å². The molecule has 0 aromatic heterocycles. The molecule has 1 aromatic carbocycles. The van der Waals surface area contributed by atoms with Crippen LogP contribution in [0.1, 0.15) is 31.2 Å². The fraction of sp³-hybridized carbons (Fsp3) is 0.538. The molecule has 1 aliphatic rings. The minimum absolute atomic E-state index is 0.192. The second kappa shape index (κ2) is 4.98. The molecule has 1 aliphatic carbocycles. The van der Waals surface area contributed by atoms with Crippen LogP contribution in [-0.4, -0.2) is 12.0 Å². The Balaban J connectivity index is 2.00. The molecular weight excluding hydrogens is 265 g/mol. The number of hydrogen-bond donors (Lipinski definition) is 1. The van der Waals surface area contributed by atoms with Crippen LogP contribution in [0.2, 0.25) is 0 Å². The first-order valence-corrected chi connectivity index (χ1v) is 6.08. The summed E-state index contributed by atoms with van der Waals surface area (Å²) in [4.78, 5) is 0. The fourth-order valence-corrected chi connectivity index (χ4v) is 2.21. The normalized spacial score (nSPS) is 20.3. The zero-order valence-corrected chi connectivity index (χ0v) is 10.1. The van der Waals surface area contributed by atoms with Gasteiger partial charge in [0.15, 0.2) is 0 Å². The summed E-state index contributed by atoms with van der Waals surface area (Å²) in [5.41, 5.74) is -0.413. The average molecular weight is 279 g/mol. The Morgan fingerprint density at radius 3 is 2.32 bits per heavy atom. The van der Waals surface area contributed by atoms with Crippen LogP contribution in [0, 0.1) is 0 Å². The molecule has 1 saturated carbocycles. The minimum atomic E-state index is -4.39. The molecule has 0 heterocycles. The average Bonchev–Trinajstić information content (AvgIpc) is 2.31. The van der Waals surface area contributed by atoms with Crippen LogP contribution in [-0.2, 0) is 6.18 Å². The maximum absolute atomic E-state index is 13.0. The Labute approximate surface area is 107 Å². The second-order valence-corrected chi connectivity index (χ2v) is 4.85. The molecule has 106 valence electrons. The van der Waals surface area contributed by atoms with Crippen LogP contribution in [0.5, 0.6) is 0 Å². The van der Waals surface area contributed by atoms with Crippen molar-refractivity contribution in [2.24, 2.45) is 0 Å². The SMILES string of the molecule is FC1(F)CCC(Nc2cccc(C(F)(F)F)c2)CC1. The van der Waals surface area contributed by atoms with Crippen molar-refractivity contribution < 1.29 is 22.0 Å². The van der Waals surface area contributed by atoms with Gasteiger partial charge in [-0.1, -0.05) is 6.07 Å². The van der Waals surface area contributed by atoms with Gasteiger partial charge in [0.1, 0.15) is 0 Å². The van der Waals surface area contributed by atoms with E-state index in [-0.39, 0.29) is 31.7 Å². The highest BCUT2D eigenvalue weighted by atomic mass is 19.4. The summed E-state index contributed by atoms with van der Waals surface area (Å²) in [7, 11) is 0. The molecule has 0 radical (unpaired) electrons. The van der Waals surface area contributed by atoms with Crippen LogP contribution < -0.4 is 5.32 Å². The molecule has 6 heteroatoms. The van der Waals surface area contributed by atoms with Gasteiger partial charge in [-0.25, -0.2) is 8.78 Å². The Bertz CT molecular complexity index is 431. The third-order valence-corrected chi connectivity index (χ3v) is 3.28. The molecule has 1 N–H and O–H groups in total. The van der Waals surface area contributed by atoms with Gasteiger partial charge in [-0.05, 0) is 31.0 Å². The minimum Gasteiger partial charge on any atom is -0.382 e. The van der Waals surface area contributed by atoms with Gasteiger partial charge in [0.25, 0.3) is 0 Å². The van der Waals surface area contributed by atoms with E-state index in [2.05, 4.69) is 5.32 Å². The van der Waals surface area contributed by atoms with Gasteiger partial charge in [-0.15, -0.1) is 0 Å². The van der Waals surface area contributed by atoms with Gasteiger partial charge in [0.2, 0.25) is 5.92 Å².